The van der Waals surface area contributed by atoms with Crippen LogP contribution in [0.4, 0.5) is 11.4 Å². The van der Waals surface area contributed by atoms with Crippen molar-refractivity contribution in [2.45, 2.75) is 26.7 Å². The first-order valence-corrected chi connectivity index (χ1v) is 10.9. The van der Waals surface area contributed by atoms with Crippen molar-refractivity contribution in [1.29, 1.82) is 0 Å². The summed E-state index contributed by atoms with van der Waals surface area (Å²) in [5.41, 5.74) is 2.82. The Morgan fingerprint density at radius 3 is 2.55 bits per heavy atom. The first-order chi connectivity index (χ1) is 13.7. The molecule has 0 aliphatic heterocycles. The largest absolute Gasteiger partial charge is 0.322 e. The van der Waals surface area contributed by atoms with Gasteiger partial charge >= 0.3 is 0 Å². The maximum atomic E-state index is 12.9. The van der Waals surface area contributed by atoms with Gasteiger partial charge in [0.15, 0.2) is 5.82 Å². The Labute approximate surface area is 170 Å². The molecule has 2 heterocycles. The number of hydrogen-bond acceptors (Lipinski definition) is 5. The quantitative estimate of drug-likeness (QED) is 0.645. The number of sulfonamides is 1. The molecule has 0 saturated carbocycles. The molecular weight excluding hydrogens is 390 g/mol. The average molecular weight is 414 g/mol. The third kappa shape index (κ3) is 4.80. The summed E-state index contributed by atoms with van der Waals surface area (Å²) in [7, 11) is -3.43. The van der Waals surface area contributed by atoms with Gasteiger partial charge in [0.05, 0.1) is 29.4 Å². The highest BCUT2D eigenvalue weighted by molar-refractivity contribution is 7.92. The highest BCUT2D eigenvalue weighted by Gasteiger charge is 2.21. The van der Waals surface area contributed by atoms with Gasteiger partial charge in [0.25, 0.3) is 5.91 Å². The van der Waals surface area contributed by atoms with Gasteiger partial charge in [-0.2, -0.15) is 5.10 Å². The van der Waals surface area contributed by atoms with Crippen LogP contribution in [0.2, 0.25) is 0 Å². The molecule has 0 saturated heterocycles. The summed E-state index contributed by atoms with van der Waals surface area (Å²) in [6.45, 7) is 5.74. The first-order valence-electron chi connectivity index (χ1n) is 9.05. The fraction of sp³-hybridized carbons (Fsp3) is 0.250. The maximum Gasteiger partial charge on any atom is 0.259 e. The van der Waals surface area contributed by atoms with E-state index in [0.29, 0.717) is 22.8 Å². The minimum absolute atomic E-state index is 0.0285. The van der Waals surface area contributed by atoms with Crippen molar-refractivity contribution in [2.75, 3.05) is 16.3 Å². The normalized spacial score (nSPS) is 11.5. The topological polar surface area (TPSA) is 106 Å². The van der Waals surface area contributed by atoms with Gasteiger partial charge < -0.3 is 5.32 Å². The van der Waals surface area contributed by atoms with E-state index >= 15 is 0 Å². The third-order valence-electron chi connectivity index (χ3n) is 4.26. The van der Waals surface area contributed by atoms with Crippen molar-refractivity contribution in [2.24, 2.45) is 0 Å². The zero-order valence-electron chi connectivity index (χ0n) is 16.7. The lowest BCUT2D eigenvalue weighted by atomic mass is 10.1. The summed E-state index contributed by atoms with van der Waals surface area (Å²) in [5.74, 6) is 0.330. The average Bonchev–Trinajstić information content (AvgIpc) is 3.09. The van der Waals surface area contributed by atoms with Crippen molar-refractivity contribution in [3.05, 3.63) is 65.6 Å². The monoisotopic (exact) mass is 413 g/mol. The Hall–Kier alpha value is -3.20. The molecule has 0 radical (unpaired) electrons. The van der Waals surface area contributed by atoms with Gasteiger partial charge in [-0.05, 0) is 42.7 Å². The summed E-state index contributed by atoms with van der Waals surface area (Å²) >= 11 is 0. The van der Waals surface area contributed by atoms with Crippen LogP contribution >= 0.6 is 0 Å². The molecule has 0 spiro atoms. The smallest absolute Gasteiger partial charge is 0.259 e. The molecule has 0 fully saturated rings. The lowest BCUT2D eigenvalue weighted by Crippen LogP contribution is -2.16. The fourth-order valence-electron chi connectivity index (χ4n) is 2.96. The Morgan fingerprint density at radius 1 is 1.17 bits per heavy atom. The second-order valence-corrected chi connectivity index (χ2v) is 8.80. The zero-order chi connectivity index (χ0) is 21.2. The van der Waals surface area contributed by atoms with Crippen molar-refractivity contribution >= 4 is 27.3 Å². The number of rotatable bonds is 6. The van der Waals surface area contributed by atoms with E-state index < -0.39 is 10.0 Å². The van der Waals surface area contributed by atoms with Crippen LogP contribution in [0.1, 0.15) is 41.4 Å². The van der Waals surface area contributed by atoms with Crippen molar-refractivity contribution in [3.8, 4) is 5.82 Å². The molecule has 2 aromatic heterocycles. The molecule has 1 amide bonds. The summed E-state index contributed by atoms with van der Waals surface area (Å²) in [4.78, 5) is 17.2. The van der Waals surface area contributed by atoms with Gasteiger partial charge in [0, 0.05) is 11.9 Å². The number of carbonyl (C=O) groups is 1. The second kappa shape index (κ2) is 8.04. The molecule has 0 aliphatic carbocycles. The van der Waals surface area contributed by atoms with Crippen LogP contribution in [-0.4, -0.2) is 35.3 Å². The van der Waals surface area contributed by atoms with Crippen LogP contribution in [0.3, 0.4) is 0 Å². The molecule has 1 aromatic carbocycles. The van der Waals surface area contributed by atoms with Crippen LogP contribution in [0.25, 0.3) is 5.82 Å². The lowest BCUT2D eigenvalue weighted by molar-refractivity contribution is 0.102. The molecular formula is C20H23N5O3S. The van der Waals surface area contributed by atoms with Gasteiger partial charge in [-0.25, -0.2) is 18.1 Å². The summed E-state index contributed by atoms with van der Waals surface area (Å²) in [6, 6.07) is 10.5. The van der Waals surface area contributed by atoms with Crippen LogP contribution in [0.5, 0.6) is 0 Å². The maximum absolute atomic E-state index is 12.9. The first kappa shape index (κ1) is 20.5. The van der Waals surface area contributed by atoms with E-state index in [-0.39, 0.29) is 11.8 Å². The van der Waals surface area contributed by atoms with Gasteiger partial charge in [-0.1, -0.05) is 26.0 Å². The number of aryl methyl sites for hydroxylation is 1. The van der Waals surface area contributed by atoms with Crippen LogP contribution in [0, 0.1) is 6.92 Å². The van der Waals surface area contributed by atoms with Gasteiger partial charge in [-0.15, -0.1) is 0 Å². The molecule has 9 heteroatoms. The standard InChI is InChI=1S/C20H23N5O3S/c1-13(2)19-16(12-22-25(19)18-7-5-6-10-21-18)20(26)23-15-9-8-14(3)17(11-15)24-29(4,27)28/h5-13,24H,1-4H3,(H,23,26). The third-order valence-corrected chi connectivity index (χ3v) is 4.85. The number of anilines is 2. The second-order valence-electron chi connectivity index (χ2n) is 7.06. The molecule has 0 bridgehead atoms. The summed E-state index contributed by atoms with van der Waals surface area (Å²) in [5, 5.41) is 7.18. The van der Waals surface area contributed by atoms with E-state index in [4.69, 9.17) is 0 Å². The van der Waals surface area contributed by atoms with E-state index in [1.165, 1.54) is 6.20 Å². The van der Waals surface area contributed by atoms with Crippen LogP contribution in [0.15, 0.2) is 48.8 Å². The summed E-state index contributed by atoms with van der Waals surface area (Å²) < 4.78 is 27.2. The zero-order valence-corrected chi connectivity index (χ0v) is 17.5. The van der Waals surface area contributed by atoms with Gasteiger partial charge in [-0.3, -0.25) is 9.52 Å². The number of hydrogen-bond donors (Lipinski definition) is 2. The van der Waals surface area contributed by atoms with Crippen molar-refractivity contribution in [1.82, 2.24) is 14.8 Å². The minimum Gasteiger partial charge on any atom is -0.322 e. The summed E-state index contributed by atoms with van der Waals surface area (Å²) in [6.07, 6.45) is 4.27. The Kier molecular flexibility index (Phi) is 5.69. The highest BCUT2D eigenvalue weighted by Crippen LogP contribution is 2.25. The molecule has 152 valence electrons. The van der Waals surface area contributed by atoms with Gasteiger partial charge in [0.1, 0.15) is 0 Å². The molecule has 3 rings (SSSR count). The number of benzene rings is 1. The Morgan fingerprint density at radius 2 is 1.93 bits per heavy atom. The number of nitrogens with one attached hydrogen (secondary N) is 2. The van der Waals surface area contributed by atoms with Crippen LogP contribution < -0.4 is 10.0 Å². The molecule has 0 unspecified atom stereocenters. The van der Waals surface area contributed by atoms with E-state index in [2.05, 4.69) is 20.1 Å². The highest BCUT2D eigenvalue weighted by atomic mass is 32.2. The molecule has 29 heavy (non-hydrogen) atoms. The SMILES string of the molecule is Cc1ccc(NC(=O)c2cnn(-c3ccccn3)c2C(C)C)cc1NS(C)(=O)=O. The predicted octanol–water partition coefficient (Wildman–Crippen LogP) is 3.32. The molecule has 0 aliphatic rings. The van der Waals surface area contributed by atoms with Gasteiger partial charge in [0.2, 0.25) is 10.0 Å². The molecule has 8 nitrogen and oxygen atoms in total. The number of amides is 1. The van der Waals surface area contributed by atoms with Crippen molar-refractivity contribution in [3.63, 3.8) is 0 Å². The fourth-order valence-corrected chi connectivity index (χ4v) is 3.58. The van der Waals surface area contributed by atoms with E-state index in [1.807, 2.05) is 32.0 Å². The number of nitrogens with zero attached hydrogens (tertiary/aromatic N) is 3. The Balaban J connectivity index is 1.92. The molecule has 2 N–H and O–H groups in total. The Bertz CT molecular complexity index is 1140. The number of carbonyl (C=O) groups excluding carboxylic acids is 1. The molecule has 3 aromatic rings. The van der Waals surface area contributed by atoms with Crippen LogP contribution in [-0.2, 0) is 10.0 Å². The lowest BCUT2D eigenvalue weighted by Gasteiger charge is -2.13. The predicted molar refractivity (Wildman–Crippen MR) is 113 cm³/mol. The van der Waals surface area contributed by atoms with E-state index in [9.17, 15) is 13.2 Å². The van der Waals surface area contributed by atoms with Crippen molar-refractivity contribution < 1.29 is 13.2 Å². The number of aromatic nitrogens is 3. The minimum atomic E-state index is -3.43. The number of pyridine rings is 1. The molecule has 0 atom stereocenters. The van der Waals surface area contributed by atoms with E-state index in [0.717, 1.165) is 17.5 Å². The van der Waals surface area contributed by atoms with E-state index in [1.54, 1.807) is 36.0 Å².